The smallest absolute Gasteiger partial charge is 0.224 e. The van der Waals surface area contributed by atoms with Crippen molar-refractivity contribution in [1.29, 1.82) is 0 Å². The summed E-state index contributed by atoms with van der Waals surface area (Å²) in [7, 11) is 0. The summed E-state index contributed by atoms with van der Waals surface area (Å²) in [6, 6.07) is 15.2. The van der Waals surface area contributed by atoms with Gasteiger partial charge in [0.2, 0.25) is 5.91 Å². The monoisotopic (exact) mass is 440 g/mol. The zero-order chi connectivity index (χ0) is 23.7. The quantitative estimate of drug-likeness (QED) is 0.406. The number of hydrogen-bond donors (Lipinski definition) is 1. The molecule has 33 heavy (non-hydrogen) atoms. The molecule has 4 aromatic rings. The van der Waals surface area contributed by atoms with Gasteiger partial charge in [-0.25, -0.2) is 9.67 Å². The zero-order valence-electron chi connectivity index (χ0n) is 19.7. The molecule has 2 aromatic heterocycles. The summed E-state index contributed by atoms with van der Waals surface area (Å²) in [5.74, 6) is -0.0701. The Labute approximate surface area is 193 Å². The molecule has 0 aliphatic carbocycles. The highest BCUT2D eigenvalue weighted by Crippen LogP contribution is 2.28. The number of nitrogens with one attached hydrogen (secondary N) is 1. The lowest BCUT2D eigenvalue weighted by atomic mass is 9.99. The molecule has 0 aliphatic heterocycles. The van der Waals surface area contributed by atoms with Gasteiger partial charge in [-0.2, -0.15) is 5.10 Å². The van der Waals surface area contributed by atoms with E-state index in [4.69, 9.17) is 10.1 Å². The molecule has 0 unspecified atom stereocenters. The van der Waals surface area contributed by atoms with Gasteiger partial charge in [0.05, 0.1) is 11.4 Å². The number of anilines is 1. The van der Waals surface area contributed by atoms with Crippen LogP contribution >= 0.6 is 0 Å². The van der Waals surface area contributed by atoms with Gasteiger partial charge in [-0.05, 0) is 88.6 Å². The van der Waals surface area contributed by atoms with Crippen molar-refractivity contribution in [3.8, 4) is 5.69 Å². The lowest BCUT2D eigenvalue weighted by Gasteiger charge is -2.12. The number of nitrogens with zero attached hydrogens (tertiary/aromatic N) is 3. The van der Waals surface area contributed by atoms with Gasteiger partial charge in [0.15, 0.2) is 11.4 Å². The van der Waals surface area contributed by atoms with E-state index < -0.39 is 0 Å². The van der Waals surface area contributed by atoms with Crippen molar-refractivity contribution in [2.24, 2.45) is 0 Å². The molecule has 2 heterocycles. The highest BCUT2D eigenvalue weighted by Gasteiger charge is 2.18. The van der Waals surface area contributed by atoms with Crippen molar-refractivity contribution in [2.45, 2.75) is 47.5 Å². The Hall–Kier alpha value is -3.80. The van der Waals surface area contributed by atoms with Gasteiger partial charge in [-0.15, -0.1) is 0 Å². The van der Waals surface area contributed by atoms with Crippen LogP contribution in [-0.4, -0.2) is 26.5 Å². The lowest BCUT2D eigenvalue weighted by Crippen LogP contribution is -2.13. The number of pyridine rings is 1. The molecule has 0 fully saturated rings. The van der Waals surface area contributed by atoms with E-state index in [1.807, 2.05) is 18.5 Å². The predicted octanol–water partition coefficient (Wildman–Crippen LogP) is 5.43. The van der Waals surface area contributed by atoms with Gasteiger partial charge in [0, 0.05) is 28.8 Å². The maximum Gasteiger partial charge on any atom is 0.224 e. The van der Waals surface area contributed by atoms with Crippen molar-refractivity contribution in [2.75, 3.05) is 5.32 Å². The van der Waals surface area contributed by atoms with Crippen LogP contribution in [-0.2, 0) is 11.2 Å². The van der Waals surface area contributed by atoms with Crippen LogP contribution in [0.2, 0.25) is 0 Å². The molecular weight excluding hydrogens is 412 g/mol. The Bertz CT molecular complexity index is 1350. The highest BCUT2D eigenvalue weighted by atomic mass is 16.1. The topological polar surface area (TPSA) is 76.9 Å². The summed E-state index contributed by atoms with van der Waals surface area (Å²) in [5.41, 5.74) is 8.35. The number of hydrogen-bond acceptors (Lipinski definition) is 4. The SMILES string of the molecule is CC(=O)c1ccc(NC(=O)CCc2c(C)nc3c(c(C)nn3-c3ccc(C)cc3)c2C)cc1. The summed E-state index contributed by atoms with van der Waals surface area (Å²) < 4.78 is 1.89. The number of rotatable bonds is 6. The van der Waals surface area contributed by atoms with E-state index in [2.05, 4.69) is 43.4 Å². The average Bonchev–Trinajstić information content (AvgIpc) is 3.10. The third kappa shape index (κ3) is 4.55. The molecule has 2 aromatic carbocycles. The van der Waals surface area contributed by atoms with Gasteiger partial charge in [-0.3, -0.25) is 9.59 Å². The maximum absolute atomic E-state index is 12.6. The van der Waals surface area contributed by atoms with Crippen LogP contribution < -0.4 is 5.32 Å². The number of benzene rings is 2. The largest absolute Gasteiger partial charge is 0.326 e. The lowest BCUT2D eigenvalue weighted by molar-refractivity contribution is -0.116. The number of fused-ring (bicyclic) bond motifs is 1. The van der Waals surface area contributed by atoms with Crippen molar-refractivity contribution in [3.05, 3.63) is 82.2 Å². The molecular formula is C27H28N4O2. The second kappa shape index (κ2) is 8.98. The second-order valence-corrected chi connectivity index (χ2v) is 8.51. The molecule has 0 saturated carbocycles. The van der Waals surface area contributed by atoms with Crippen LogP contribution in [0.5, 0.6) is 0 Å². The van der Waals surface area contributed by atoms with Gasteiger partial charge < -0.3 is 5.32 Å². The Morgan fingerprint density at radius 3 is 2.21 bits per heavy atom. The summed E-state index contributed by atoms with van der Waals surface area (Å²) in [5, 5.41) is 8.70. The fourth-order valence-electron chi connectivity index (χ4n) is 4.19. The first-order chi connectivity index (χ1) is 15.7. The fourth-order valence-corrected chi connectivity index (χ4v) is 4.19. The van der Waals surface area contributed by atoms with E-state index in [9.17, 15) is 9.59 Å². The second-order valence-electron chi connectivity index (χ2n) is 8.51. The number of Topliss-reactive ketones (excluding diaryl/α,β-unsaturated/α-hetero) is 1. The van der Waals surface area contributed by atoms with E-state index in [1.165, 1.54) is 12.5 Å². The normalized spacial score (nSPS) is 11.1. The van der Waals surface area contributed by atoms with Crippen LogP contribution in [0, 0.1) is 27.7 Å². The molecule has 6 heteroatoms. The molecule has 6 nitrogen and oxygen atoms in total. The van der Waals surface area contributed by atoms with Crippen LogP contribution in [0.15, 0.2) is 48.5 Å². The standard InChI is InChI=1S/C27H28N4O2/c1-16-6-12-23(13-7-16)31-27-26(19(4)30-31)17(2)24(18(3)28-27)14-15-25(33)29-22-10-8-21(9-11-22)20(5)32/h6-13H,14-15H2,1-5H3,(H,29,33). The van der Waals surface area contributed by atoms with Crippen molar-refractivity contribution >= 4 is 28.4 Å². The van der Waals surface area contributed by atoms with Crippen molar-refractivity contribution in [3.63, 3.8) is 0 Å². The van der Waals surface area contributed by atoms with Gasteiger partial charge in [0.25, 0.3) is 0 Å². The van der Waals surface area contributed by atoms with Gasteiger partial charge in [-0.1, -0.05) is 17.7 Å². The Balaban J connectivity index is 1.56. The molecule has 1 N–H and O–H groups in total. The minimum absolute atomic E-state index is 0.00251. The van der Waals surface area contributed by atoms with Crippen LogP contribution in [0.4, 0.5) is 5.69 Å². The maximum atomic E-state index is 12.6. The van der Waals surface area contributed by atoms with Gasteiger partial charge in [0.1, 0.15) is 0 Å². The molecule has 0 saturated heterocycles. The minimum Gasteiger partial charge on any atom is -0.326 e. The highest BCUT2D eigenvalue weighted by molar-refractivity contribution is 5.95. The Morgan fingerprint density at radius 2 is 1.58 bits per heavy atom. The number of amides is 1. The Kier molecular flexibility index (Phi) is 6.09. The van der Waals surface area contributed by atoms with Crippen LogP contribution in [0.25, 0.3) is 16.7 Å². The van der Waals surface area contributed by atoms with Crippen LogP contribution in [0.1, 0.15) is 51.8 Å². The summed E-state index contributed by atoms with van der Waals surface area (Å²) in [6.45, 7) is 9.65. The van der Waals surface area contributed by atoms with Crippen molar-refractivity contribution in [1.82, 2.24) is 14.8 Å². The van der Waals surface area contributed by atoms with E-state index in [1.54, 1.807) is 24.3 Å². The first-order valence-electron chi connectivity index (χ1n) is 11.1. The third-order valence-corrected chi connectivity index (χ3v) is 6.03. The minimum atomic E-state index is -0.0726. The van der Waals surface area contributed by atoms with E-state index in [0.29, 0.717) is 24.1 Å². The first-order valence-corrected chi connectivity index (χ1v) is 11.1. The summed E-state index contributed by atoms with van der Waals surface area (Å²) in [6.07, 6.45) is 0.932. The number of ketones is 1. The third-order valence-electron chi connectivity index (χ3n) is 6.03. The molecule has 0 radical (unpaired) electrons. The summed E-state index contributed by atoms with van der Waals surface area (Å²) >= 11 is 0. The molecule has 1 amide bonds. The van der Waals surface area contributed by atoms with E-state index in [0.717, 1.165) is 39.2 Å². The molecule has 0 bridgehead atoms. The average molecular weight is 441 g/mol. The number of aryl methyl sites for hydroxylation is 4. The van der Waals surface area contributed by atoms with E-state index in [-0.39, 0.29) is 11.7 Å². The number of carbonyl (C=O) groups is 2. The molecule has 0 spiro atoms. The Morgan fingerprint density at radius 1 is 0.909 bits per heavy atom. The molecule has 0 aliphatic rings. The number of aromatic nitrogens is 3. The van der Waals surface area contributed by atoms with Gasteiger partial charge >= 0.3 is 0 Å². The molecule has 168 valence electrons. The number of carbonyl (C=O) groups excluding carboxylic acids is 2. The van der Waals surface area contributed by atoms with E-state index >= 15 is 0 Å². The van der Waals surface area contributed by atoms with Crippen molar-refractivity contribution < 1.29 is 9.59 Å². The summed E-state index contributed by atoms with van der Waals surface area (Å²) in [4.78, 5) is 28.9. The fraction of sp³-hybridized carbons (Fsp3) is 0.259. The van der Waals surface area contributed by atoms with Crippen LogP contribution in [0.3, 0.4) is 0 Å². The zero-order valence-corrected chi connectivity index (χ0v) is 19.7. The first kappa shape index (κ1) is 22.4. The molecule has 0 atom stereocenters. The molecule has 4 rings (SSSR count). The predicted molar refractivity (Wildman–Crippen MR) is 131 cm³/mol.